The van der Waals surface area contributed by atoms with Gasteiger partial charge in [-0.3, -0.25) is 10.2 Å². The molecule has 25 heavy (non-hydrogen) atoms. The summed E-state index contributed by atoms with van der Waals surface area (Å²) in [5.74, 6) is -3.62. The molecule has 8 heteroatoms. The second-order valence-electron chi connectivity index (χ2n) is 4.93. The van der Waals surface area contributed by atoms with Crippen LogP contribution in [0.5, 0.6) is 0 Å². The van der Waals surface area contributed by atoms with Crippen molar-refractivity contribution in [3.63, 3.8) is 0 Å². The number of aliphatic carboxylic acids is 2. The van der Waals surface area contributed by atoms with Crippen LogP contribution in [0.25, 0.3) is 10.8 Å². The van der Waals surface area contributed by atoms with Gasteiger partial charge in [-0.1, -0.05) is 36.4 Å². The average molecular weight is 358 g/mol. The van der Waals surface area contributed by atoms with Gasteiger partial charge in [0, 0.05) is 17.1 Å². The molecule has 2 aromatic carbocycles. The van der Waals surface area contributed by atoms with Crippen LogP contribution in [0.15, 0.2) is 54.0 Å². The first-order valence-electron chi connectivity index (χ1n) is 7.05. The van der Waals surface area contributed by atoms with E-state index >= 15 is 0 Å². The topological polar surface area (TPSA) is 120 Å². The molecule has 0 aliphatic rings. The fraction of sp³-hybridized carbons (Fsp3) is 0.0588. The molecule has 3 rings (SSSR count). The molecular formula is C17H14N2O5S. The van der Waals surface area contributed by atoms with Crippen molar-refractivity contribution >= 4 is 39.8 Å². The lowest BCUT2D eigenvalue weighted by atomic mass is 10.0. The predicted molar refractivity (Wildman–Crippen MR) is 91.7 cm³/mol. The summed E-state index contributed by atoms with van der Waals surface area (Å²) in [6.45, 7) is 0.223. The van der Waals surface area contributed by atoms with Crippen LogP contribution < -0.4 is 4.80 Å². The lowest BCUT2D eigenvalue weighted by Gasteiger charge is -2.04. The first-order chi connectivity index (χ1) is 11.9. The number of aromatic nitrogens is 1. The van der Waals surface area contributed by atoms with E-state index in [4.69, 9.17) is 25.2 Å². The van der Waals surface area contributed by atoms with Crippen LogP contribution in [0, 0.1) is 5.41 Å². The smallest absolute Gasteiger partial charge is 0.414 e. The van der Waals surface area contributed by atoms with Crippen LogP contribution in [0.1, 0.15) is 10.4 Å². The molecule has 3 N–H and O–H groups in total. The number of carboxylic acids is 2. The number of ketones is 1. The largest absolute Gasteiger partial charge is 0.473 e. The molecule has 7 nitrogen and oxygen atoms in total. The second kappa shape index (κ2) is 8.02. The molecule has 0 radical (unpaired) electrons. The van der Waals surface area contributed by atoms with E-state index in [1.807, 2.05) is 47.8 Å². The van der Waals surface area contributed by atoms with Crippen LogP contribution in [-0.4, -0.2) is 32.5 Å². The Hall–Kier alpha value is -3.26. The minimum absolute atomic E-state index is 0.0302. The number of carbonyl (C=O) groups excluding carboxylic acids is 1. The van der Waals surface area contributed by atoms with Gasteiger partial charge in [0.05, 0.1) is 6.54 Å². The van der Waals surface area contributed by atoms with Crippen LogP contribution in [0.2, 0.25) is 0 Å². The van der Waals surface area contributed by atoms with Gasteiger partial charge in [-0.15, -0.1) is 11.3 Å². The van der Waals surface area contributed by atoms with Crippen molar-refractivity contribution in [1.29, 1.82) is 5.41 Å². The summed E-state index contributed by atoms with van der Waals surface area (Å²) in [6.07, 6.45) is 1.77. The van der Waals surface area contributed by atoms with Crippen LogP contribution in [-0.2, 0) is 16.1 Å². The van der Waals surface area contributed by atoms with Gasteiger partial charge in [-0.25, -0.2) is 9.59 Å². The number of hydrogen-bond acceptors (Lipinski definition) is 5. The third-order valence-electron chi connectivity index (χ3n) is 3.25. The van der Waals surface area contributed by atoms with E-state index in [1.165, 1.54) is 11.3 Å². The summed E-state index contributed by atoms with van der Waals surface area (Å²) >= 11 is 1.32. The van der Waals surface area contributed by atoms with Gasteiger partial charge in [0.25, 0.3) is 0 Å². The van der Waals surface area contributed by atoms with Crippen LogP contribution in [0.4, 0.5) is 0 Å². The Balaban J connectivity index is 0.000000326. The third kappa shape index (κ3) is 4.85. The Morgan fingerprint density at radius 3 is 2.20 bits per heavy atom. The summed E-state index contributed by atoms with van der Waals surface area (Å²) in [4.78, 5) is 30.8. The Morgan fingerprint density at radius 2 is 1.64 bits per heavy atom. The van der Waals surface area contributed by atoms with Crippen molar-refractivity contribution in [1.82, 2.24) is 4.57 Å². The standard InChI is InChI=1S/C15H12N2OS.C2H2O4/c16-15-17(7-8-19-15)10-14(18)13-6-5-11-3-1-2-4-12(11)9-13;3-1(4)2(5)6/h1-9,16H,10H2;(H,3,4)(H,5,6). The number of fused-ring (bicyclic) bond motifs is 1. The molecule has 0 unspecified atom stereocenters. The van der Waals surface area contributed by atoms with E-state index in [9.17, 15) is 4.79 Å². The predicted octanol–water partition coefficient (Wildman–Crippen LogP) is 2.22. The second-order valence-corrected chi connectivity index (χ2v) is 5.83. The lowest BCUT2D eigenvalue weighted by molar-refractivity contribution is -0.159. The SMILES string of the molecule is N=c1sccn1CC(=O)c1ccc2ccccc2c1.O=C(O)C(=O)O. The fourth-order valence-corrected chi connectivity index (χ4v) is 2.63. The zero-order valence-electron chi connectivity index (χ0n) is 12.9. The van der Waals surface area contributed by atoms with Gasteiger partial charge in [-0.2, -0.15) is 0 Å². The Morgan fingerprint density at radius 1 is 1.00 bits per heavy atom. The minimum Gasteiger partial charge on any atom is -0.473 e. The van der Waals surface area contributed by atoms with Gasteiger partial charge in [0.2, 0.25) is 0 Å². The summed E-state index contributed by atoms with van der Waals surface area (Å²) in [7, 11) is 0. The summed E-state index contributed by atoms with van der Waals surface area (Å²) < 4.78 is 1.65. The molecule has 3 aromatic rings. The highest BCUT2D eigenvalue weighted by molar-refractivity contribution is 7.06. The molecule has 0 bridgehead atoms. The first-order valence-corrected chi connectivity index (χ1v) is 7.93. The Labute approximate surface area is 145 Å². The summed E-state index contributed by atoms with van der Waals surface area (Å²) in [6, 6.07) is 13.7. The molecule has 0 atom stereocenters. The number of nitrogens with one attached hydrogen (secondary N) is 1. The van der Waals surface area contributed by atoms with Gasteiger partial charge in [-0.05, 0) is 16.8 Å². The summed E-state index contributed by atoms with van der Waals surface area (Å²) in [5.41, 5.74) is 0.691. The quantitative estimate of drug-likeness (QED) is 0.490. The molecule has 0 aliphatic heterocycles. The number of carbonyl (C=O) groups is 3. The minimum atomic E-state index is -1.82. The van der Waals surface area contributed by atoms with Crippen LogP contribution >= 0.6 is 11.3 Å². The van der Waals surface area contributed by atoms with Crippen molar-refractivity contribution in [2.75, 3.05) is 0 Å². The van der Waals surface area contributed by atoms with E-state index in [0.717, 1.165) is 10.8 Å². The highest BCUT2D eigenvalue weighted by Gasteiger charge is 2.08. The molecule has 0 fully saturated rings. The summed E-state index contributed by atoms with van der Waals surface area (Å²) in [5, 5.41) is 26.5. The van der Waals surface area contributed by atoms with E-state index in [-0.39, 0.29) is 12.3 Å². The molecule has 0 saturated carbocycles. The Kier molecular flexibility index (Phi) is 5.80. The number of nitrogens with zero attached hydrogens (tertiary/aromatic N) is 1. The molecule has 1 heterocycles. The highest BCUT2D eigenvalue weighted by Crippen LogP contribution is 2.16. The molecule has 0 amide bonds. The number of Topliss-reactive ketones (excluding diaryl/α,β-unsaturated/α-hetero) is 1. The molecule has 1 aromatic heterocycles. The number of thiazole rings is 1. The van der Waals surface area contributed by atoms with Crippen molar-refractivity contribution < 1.29 is 24.6 Å². The lowest BCUT2D eigenvalue weighted by Crippen LogP contribution is -2.18. The van der Waals surface area contributed by atoms with Gasteiger partial charge in [0.15, 0.2) is 10.6 Å². The van der Waals surface area contributed by atoms with Gasteiger partial charge in [0.1, 0.15) is 0 Å². The molecule has 0 saturated heterocycles. The van der Waals surface area contributed by atoms with Crippen molar-refractivity contribution in [3.8, 4) is 0 Å². The van der Waals surface area contributed by atoms with E-state index < -0.39 is 11.9 Å². The number of rotatable bonds is 3. The van der Waals surface area contributed by atoms with Crippen molar-refractivity contribution in [3.05, 3.63) is 64.4 Å². The zero-order valence-corrected chi connectivity index (χ0v) is 13.7. The number of carboxylic acid groups (broad SMARTS) is 2. The van der Waals surface area contributed by atoms with E-state index in [1.54, 1.807) is 10.8 Å². The highest BCUT2D eigenvalue weighted by atomic mass is 32.1. The first kappa shape index (κ1) is 18.1. The maximum absolute atomic E-state index is 12.2. The molecule has 128 valence electrons. The van der Waals surface area contributed by atoms with Crippen LogP contribution in [0.3, 0.4) is 0 Å². The zero-order chi connectivity index (χ0) is 18.4. The Bertz CT molecular complexity index is 978. The van der Waals surface area contributed by atoms with Gasteiger partial charge < -0.3 is 14.8 Å². The average Bonchev–Trinajstić information content (AvgIpc) is 2.99. The number of benzene rings is 2. The fourth-order valence-electron chi connectivity index (χ4n) is 2.04. The van der Waals surface area contributed by atoms with E-state index in [0.29, 0.717) is 10.4 Å². The van der Waals surface area contributed by atoms with E-state index in [2.05, 4.69) is 0 Å². The van der Waals surface area contributed by atoms with Gasteiger partial charge >= 0.3 is 11.9 Å². The van der Waals surface area contributed by atoms with Crippen molar-refractivity contribution in [2.45, 2.75) is 6.54 Å². The molecule has 0 aliphatic carbocycles. The number of hydrogen-bond donors (Lipinski definition) is 3. The van der Waals surface area contributed by atoms with Crippen molar-refractivity contribution in [2.24, 2.45) is 0 Å². The third-order valence-corrected chi connectivity index (χ3v) is 3.97. The normalized spacial score (nSPS) is 9.92. The maximum atomic E-state index is 12.2. The maximum Gasteiger partial charge on any atom is 0.414 e. The molecule has 0 spiro atoms. The monoisotopic (exact) mass is 358 g/mol. The molecular weight excluding hydrogens is 344 g/mol.